The van der Waals surface area contributed by atoms with Crippen LogP contribution in [0.25, 0.3) is 44.2 Å². The quantitative estimate of drug-likeness (QED) is 0.231. The van der Waals surface area contributed by atoms with Crippen LogP contribution in [0.4, 0.5) is 4.79 Å². The SMILES string of the molecule is CCn1c2ccccc2c2cc(-c3nc4cc(OC(=O)O)ccc4n3CC3CC3(C)C)ccc21. The van der Waals surface area contributed by atoms with Gasteiger partial charge in [0.05, 0.1) is 11.0 Å². The molecule has 6 heteroatoms. The summed E-state index contributed by atoms with van der Waals surface area (Å²) in [4.78, 5) is 16.0. The van der Waals surface area contributed by atoms with E-state index in [-0.39, 0.29) is 5.75 Å². The predicted octanol–water partition coefficient (Wildman–Crippen LogP) is 6.93. The Hall–Kier alpha value is -3.80. The third kappa shape index (κ3) is 3.24. The lowest BCUT2D eigenvalue weighted by molar-refractivity contribution is 0.144. The number of benzene rings is 3. The van der Waals surface area contributed by atoms with Crippen LogP contribution in [0, 0.1) is 11.3 Å². The van der Waals surface area contributed by atoms with Crippen molar-refractivity contribution < 1.29 is 14.6 Å². The lowest BCUT2D eigenvalue weighted by Crippen LogP contribution is -2.06. The lowest BCUT2D eigenvalue weighted by atomic mass is 10.1. The Bertz CT molecular complexity index is 1590. The molecule has 0 amide bonds. The van der Waals surface area contributed by atoms with E-state index in [1.54, 1.807) is 12.1 Å². The Labute approximate surface area is 197 Å². The molecular formula is C28H27N3O3. The summed E-state index contributed by atoms with van der Waals surface area (Å²) in [5.74, 6) is 1.77. The summed E-state index contributed by atoms with van der Waals surface area (Å²) in [6, 6.07) is 20.4. The highest BCUT2D eigenvalue weighted by Gasteiger charge is 2.45. The molecule has 2 aromatic heterocycles. The van der Waals surface area contributed by atoms with E-state index in [1.807, 2.05) is 6.07 Å². The minimum Gasteiger partial charge on any atom is -0.449 e. The Balaban J connectivity index is 1.55. The molecule has 0 bridgehead atoms. The summed E-state index contributed by atoms with van der Waals surface area (Å²) in [7, 11) is 0. The Morgan fingerprint density at radius 2 is 1.76 bits per heavy atom. The average Bonchev–Trinajstić information content (AvgIpc) is 3.14. The summed E-state index contributed by atoms with van der Waals surface area (Å²) in [5, 5.41) is 11.5. The summed E-state index contributed by atoms with van der Waals surface area (Å²) in [5.41, 5.74) is 5.58. The first-order valence-corrected chi connectivity index (χ1v) is 11.8. The number of carbonyl (C=O) groups is 1. The standard InChI is InChI=1S/C28H27N3O3/c1-4-30-23-8-6-5-7-20(23)21-13-17(9-11-24(21)30)26-29-22-14-19(34-27(32)33)10-12-25(22)31(26)16-18-15-28(18,2)3/h5-14,18H,4,15-16H2,1-3H3,(H,32,33). The van der Waals surface area contributed by atoms with Gasteiger partial charge in [0.2, 0.25) is 0 Å². The van der Waals surface area contributed by atoms with Crippen LogP contribution in [0.3, 0.4) is 0 Å². The van der Waals surface area contributed by atoms with Crippen LogP contribution in [0.1, 0.15) is 27.2 Å². The van der Waals surface area contributed by atoms with Gasteiger partial charge in [0, 0.05) is 46.5 Å². The fraction of sp³-hybridized carbons (Fsp3) is 0.286. The van der Waals surface area contributed by atoms with E-state index < -0.39 is 6.16 Å². The zero-order valence-corrected chi connectivity index (χ0v) is 19.6. The molecule has 5 aromatic rings. The molecule has 1 fully saturated rings. The molecule has 0 aliphatic heterocycles. The first kappa shape index (κ1) is 20.8. The van der Waals surface area contributed by atoms with Crippen LogP contribution in [0.5, 0.6) is 5.75 Å². The number of rotatable bonds is 5. The average molecular weight is 454 g/mol. The topological polar surface area (TPSA) is 69.3 Å². The molecule has 1 saturated carbocycles. The first-order valence-electron chi connectivity index (χ1n) is 11.8. The second-order valence-corrected chi connectivity index (χ2v) is 9.95. The van der Waals surface area contributed by atoms with E-state index in [2.05, 4.69) is 72.4 Å². The number of hydrogen-bond donors (Lipinski definition) is 1. The number of ether oxygens (including phenoxy) is 1. The Kier molecular flexibility index (Phi) is 4.49. The van der Waals surface area contributed by atoms with Crippen LogP contribution < -0.4 is 4.74 Å². The zero-order valence-electron chi connectivity index (χ0n) is 19.6. The van der Waals surface area contributed by atoms with Crippen LogP contribution in [-0.2, 0) is 13.1 Å². The molecule has 172 valence electrons. The Morgan fingerprint density at radius 1 is 1.03 bits per heavy atom. The summed E-state index contributed by atoms with van der Waals surface area (Å²) in [6.07, 6.45) is -0.133. The first-order chi connectivity index (χ1) is 16.4. The molecule has 2 heterocycles. The highest BCUT2D eigenvalue weighted by Crippen LogP contribution is 2.53. The van der Waals surface area contributed by atoms with E-state index in [0.717, 1.165) is 35.5 Å². The smallest absolute Gasteiger partial charge is 0.449 e. The molecule has 1 N–H and O–H groups in total. The molecule has 6 rings (SSSR count). The summed E-state index contributed by atoms with van der Waals surface area (Å²) >= 11 is 0. The second kappa shape index (κ2) is 7.35. The lowest BCUT2D eigenvalue weighted by Gasteiger charge is -2.11. The second-order valence-electron chi connectivity index (χ2n) is 9.95. The molecular weight excluding hydrogens is 426 g/mol. The van der Waals surface area contributed by atoms with Crippen molar-refractivity contribution in [1.82, 2.24) is 14.1 Å². The molecule has 3 aromatic carbocycles. The van der Waals surface area contributed by atoms with Gasteiger partial charge in [-0.15, -0.1) is 0 Å². The van der Waals surface area contributed by atoms with Gasteiger partial charge < -0.3 is 19.0 Å². The van der Waals surface area contributed by atoms with E-state index >= 15 is 0 Å². The monoisotopic (exact) mass is 453 g/mol. The minimum atomic E-state index is -1.32. The molecule has 1 aliphatic carbocycles. The maximum absolute atomic E-state index is 11.0. The molecule has 0 radical (unpaired) electrons. The van der Waals surface area contributed by atoms with Crippen molar-refractivity contribution in [2.24, 2.45) is 11.3 Å². The third-order valence-electron chi connectivity index (χ3n) is 7.39. The number of aromatic nitrogens is 3. The molecule has 0 spiro atoms. The van der Waals surface area contributed by atoms with E-state index in [9.17, 15) is 4.79 Å². The Morgan fingerprint density at radius 3 is 2.50 bits per heavy atom. The maximum atomic E-state index is 11.0. The van der Waals surface area contributed by atoms with Gasteiger partial charge in [-0.1, -0.05) is 32.0 Å². The fourth-order valence-corrected chi connectivity index (χ4v) is 5.32. The van der Waals surface area contributed by atoms with Gasteiger partial charge in [0.15, 0.2) is 0 Å². The van der Waals surface area contributed by atoms with Gasteiger partial charge >= 0.3 is 6.16 Å². The van der Waals surface area contributed by atoms with Gasteiger partial charge in [-0.25, -0.2) is 9.78 Å². The number of nitrogens with zero attached hydrogens (tertiary/aromatic N) is 3. The predicted molar refractivity (Wildman–Crippen MR) is 134 cm³/mol. The number of para-hydroxylation sites is 1. The normalized spacial score (nSPS) is 17.0. The van der Waals surface area contributed by atoms with Crippen molar-refractivity contribution in [3.63, 3.8) is 0 Å². The van der Waals surface area contributed by atoms with Crippen molar-refractivity contribution in [1.29, 1.82) is 0 Å². The van der Waals surface area contributed by atoms with Crippen LogP contribution >= 0.6 is 0 Å². The van der Waals surface area contributed by atoms with Gasteiger partial charge in [0.1, 0.15) is 11.6 Å². The van der Waals surface area contributed by atoms with E-state index in [1.165, 1.54) is 28.2 Å². The van der Waals surface area contributed by atoms with Gasteiger partial charge in [-0.05, 0) is 61.1 Å². The number of imidazole rings is 1. The van der Waals surface area contributed by atoms with E-state index in [4.69, 9.17) is 14.8 Å². The number of hydrogen-bond acceptors (Lipinski definition) is 3. The van der Waals surface area contributed by atoms with Crippen molar-refractivity contribution in [3.8, 4) is 17.1 Å². The van der Waals surface area contributed by atoms with E-state index in [0.29, 0.717) is 11.3 Å². The number of carboxylic acid groups (broad SMARTS) is 1. The van der Waals surface area contributed by atoms with Crippen LogP contribution in [-0.4, -0.2) is 25.4 Å². The minimum absolute atomic E-state index is 0.282. The molecule has 1 unspecified atom stereocenters. The fourth-order valence-electron chi connectivity index (χ4n) is 5.32. The summed E-state index contributed by atoms with van der Waals surface area (Å²) < 4.78 is 9.53. The van der Waals surface area contributed by atoms with Crippen molar-refractivity contribution in [2.75, 3.05) is 0 Å². The molecule has 1 atom stereocenters. The van der Waals surface area contributed by atoms with Gasteiger partial charge in [-0.3, -0.25) is 0 Å². The van der Waals surface area contributed by atoms with Gasteiger partial charge in [0.25, 0.3) is 0 Å². The highest BCUT2D eigenvalue weighted by atomic mass is 16.7. The number of aryl methyl sites for hydroxylation is 1. The van der Waals surface area contributed by atoms with Crippen LogP contribution in [0.15, 0.2) is 60.7 Å². The largest absolute Gasteiger partial charge is 0.511 e. The molecule has 34 heavy (non-hydrogen) atoms. The van der Waals surface area contributed by atoms with Crippen molar-refractivity contribution in [2.45, 2.75) is 40.3 Å². The summed E-state index contributed by atoms with van der Waals surface area (Å²) in [6.45, 7) is 8.58. The van der Waals surface area contributed by atoms with Crippen molar-refractivity contribution >= 4 is 39.0 Å². The molecule has 0 saturated heterocycles. The molecule has 6 nitrogen and oxygen atoms in total. The van der Waals surface area contributed by atoms with Crippen molar-refractivity contribution in [3.05, 3.63) is 60.7 Å². The van der Waals surface area contributed by atoms with Gasteiger partial charge in [-0.2, -0.15) is 0 Å². The zero-order chi connectivity index (χ0) is 23.6. The number of fused-ring (bicyclic) bond motifs is 4. The molecule has 1 aliphatic rings. The highest BCUT2D eigenvalue weighted by molar-refractivity contribution is 6.09. The third-order valence-corrected chi connectivity index (χ3v) is 7.39. The van der Waals surface area contributed by atoms with Crippen LogP contribution in [0.2, 0.25) is 0 Å². The maximum Gasteiger partial charge on any atom is 0.511 e.